The van der Waals surface area contributed by atoms with Gasteiger partial charge in [-0.25, -0.2) is 13.6 Å². The van der Waals surface area contributed by atoms with E-state index in [1.807, 2.05) is 24.3 Å². The molecule has 0 atom stereocenters. The fourth-order valence-corrected chi connectivity index (χ4v) is 2.84. The van der Waals surface area contributed by atoms with E-state index in [1.54, 1.807) is 11.9 Å². The van der Waals surface area contributed by atoms with E-state index in [9.17, 15) is 13.2 Å². The van der Waals surface area contributed by atoms with Crippen LogP contribution in [0.3, 0.4) is 0 Å². The van der Waals surface area contributed by atoms with Gasteiger partial charge in [-0.3, -0.25) is 4.79 Å². The second-order valence-electron chi connectivity index (χ2n) is 5.17. The van der Waals surface area contributed by atoms with Gasteiger partial charge >= 0.3 is 0 Å². The van der Waals surface area contributed by atoms with Gasteiger partial charge in [-0.15, -0.1) is 0 Å². The molecule has 2 aromatic rings. The summed E-state index contributed by atoms with van der Waals surface area (Å²) in [6.07, 6.45) is 0.741. The minimum Gasteiger partial charge on any atom is -0.341 e. The largest absolute Gasteiger partial charge is 0.341 e. The van der Waals surface area contributed by atoms with Gasteiger partial charge in [0, 0.05) is 23.6 Å². The first-order valence-electron chi connectivity index (χ1n) is 6.90. The number of carbonyl (C=O) groups is 1. The second kappa shape index (κ2) is 7.25. The predicted octanol–water partition coefficient (Wildman–Crippen LogP) is 2.41. The minimum atomic E-state index is -3.74. The smallest absolute Gasteiger partial charge is 0.253 e. The van der Waals surface area contributed by atoms with E-state index in [1.165, 1.54) is 24.3 Å². The zero-order valence-corrected chi connectivity index (χ0v) is 15.0. The number of carbonyl (C=O) groups excluding carboxylic acids is 1. The Kier molecular flexibility index (Phi) is 5.56. The Balaban J connectivity index is 2.00. The molecule has 0 aromatic heterocycles. The molecule has 0 aliphatic carbocycles. The lowest BCUT2D eigenvalue weighted by Crippen LogP contribution is -2.28. The zero-order valence-electron chi connectivity index (χ0n) is 12.6. The van der Waals surface area contributed by atoms with E-state index in [-0.39, 0.29) is 10.8 Å². The summed E-state index contributed by atoms with van der Waals surface area (Å²) >= 11 is 3.38. The molecule has 0 saturated heterocycles. The van der Waals surface area contributed by atoms with Gasteiger partial charge in [0.05, 0.1) is 4.90 Å². The molecule has 23 heavy (non-hydrogen) atoms. The number of nitrogens with zero attached hydrogens (tertiary/aromatic N) is 1. The molecule has 0 unspecified atom stereocenters. The quantitative estimate of drug-likeness (QED) is 0.842. The maximum atomic E-state index is 12.3. The monoisotopic (exact) mass is 396 g/mol. The van der Waals surface area contributed by atoms with E-state index in [4.69, 9.17) is 5.14 Å². The Bertz CT molecular complexity index is 787. The third kappa shape index (κ3) is 4.89. The van der Waals surface area contributed by atoms with E-state index >= 15 is 0 Å². The lowest BCUT2D eigenvalue weighted by molar-refractivity contribution is 0.0796. The molecule has 2 N–H and O–H groups in total. The van der Waals surface area contributed by atoms with Crippen molar-refractivity contribution < 1.29 is 13.2 Å². The minimum absolute atomic E-state index is 0.00781. The topological polar surface area (TPSA) is 80.5 Å². The summed E-state index contributed by atoms with van der Waals surface area (Å²) in [4.78, 5) is 13.9. The number of benzene rings is 2. The normalized spacial score (nSPS) is 11.3. The maximum absolute atomic E-state index is 12.3. The van der Waals surface area contributed by atoms with Crippen LogP contribution in [0.4, 0.5) is 0 Å². The molecule has 122 valence electrons. The Hall–Kier alpha value is -1.70. The number of primary sulfonamides is 1. The fourth-order valence-electron chi connectivity index (χ4n) is 2.06. The van der Waals surface area contributed by atoms with Crippen LogP contribution < -0.4 is 5.14 Å². The first kappa shape index (κ1) is 17.7. The number of likely N-dealkylation sites (N-methyl/N-ethyl adjacent to an activating group) is 1. The molecule has 0 heterocycles. The number of hydrogen-bond acceptors (Lipinski definition) is 3. The first-order chi connectivity index (χ1) is 10.8. The van der Waals surface area contributed by atoms with Gasteiger partial charge in [-0.05, 0) is 48.4 Å². The van der Waals surface area contributed by atoms with Crippen molar-refractivity contribution in [1.82, 2.24) is 4.90 Å². The summed E-state index contributed by atoms with van der Waals surface area (Å²) in [5, 5.41) is 5.04. The lowest BCUT2D eigenvalue weighted by atomic mass is 10.1. The molecule has 7 heteroatoms. The Labute approximate surface area is 144 Å². The van der Waals surface area contributed by atoms with Crippen molar-refractivity contribution in [3.63, 3.8) is 0 Å². The highest BCUT2D eigenvalue weighted by atomic mass is 79.9. The molecule has 0 bridgehead atoms. The van der Waals surface area contributed by atoms with Gasteiger partial charge in [0.25, 0.3) is 5.91 Å². The third-order valence-corrected chi connectivity index (χ3v) is 4.88. The number of rotatable bonds is 5. The fraction of sp³-hybridized carbons (Fsp3) is 0.188. The SMILES string of the molecule is CN(CCc1ccc(Br)cc1)C(=O)c1ccc(S(N)(=O)=O)cc1. The predicted molar refractivity (Wildman–Crippen MR) is 92.6 cm³/mol. The molecular weight excluding hydrogens is 380 g/mol. The molecule has 0 saturated carbocycles. The molecule has 1 amide bonds. The number of nitrogens with two attached hydrogens (primary N) is 1. The van der Waals surface area contributed by atoms with E-state index in [0.717, 1.165) is 16.5 Å². The summed E-state index contributed by atoms with van der Waals surface area (Å²) in [7, 11) is -2.03. The van der Waals surface area contributed by atoms with Crippen molar-refractivity contribution >= 4 is 31.9 Å². The number of sulfonamides is 1. The third-order valence-electron chi connectivity index (χ3n) is 3.43. The van der Waals surface area contributed by atoms with Crippen molar-refractivity contribution in [3.8, 4) is 0 Å². The molecular formula is C16H17BrN2O3S. The molecule has 2 rings (SSSR count). The van der Waals surface area contributed by atoms with Crippen molar-refractivity contribution in [2.24, 2.45) is 5.14 Å². The van der Waals surface area contributed by atoms with E-state index < -0.39 is 10.0 Å². The first-order valence-corrected chi connectivity index (χ1v) is 9.24. The Morgan fingerprint density at radius 2 is 1.65 bits per heavy atom. The van der Waals surface area contributed by atoms with Gasteiger partial charge in [-0.2, -0.15) is 0 Å². The summed E-state index contributed by atoms with van der Waals surface area (Å²) in [6.45, 7) is 0.567. The second-order valence-corrected chi connectivity index (χ2v) is 7.65. The summed E-state index contributed by atoms with van der Waals surface area (Å²) in [5.74, 6) is -0.164. The lowest BCUT2D eigenvalue weighted by Gasteiger charge is -2.17. The van der Waals surface area contributed by atoms with Crippen LogP contribution in [0, 0.1) is 0 Å². The summed E-state index contributed by atoms with van der Waals surface area (Å²) in [5.41, 5.74) is 1.56. The molecule has 0 aliphatic heterocycles. The van der Waals surface area contributed by atoms with E-state index in [0.29, 0.717) is 12.1 Å². The molecule has 0 fully saturated rings. The standard InChI is InChI=1S/C16H17BrN2O3S/c1-19(11-10-12-2-6-14(17)7-3-12)16(20)13-4-8-15(9-5-13)23(18,21)22/h2-9H,10-11H2,1H3,(H2,18,21,22). The van der Waals surface area contributed by atoms with E-state index in [2.05, 4.69) is 15.9 Å². The highest BCUT2D eigenvalue weighted by Gasteiger charge is 2.13. The van der Waals surface area contributed by atoms with Gasteiger partial charge < -0.3 is 4.90 Å². The van der Waals surface area contributed by atoms with Gasteiger partial charge in [-0.1, -0.05) is 28.1 Å². The Morgan fingerprint density at radius 1 is 1.09 bits per heavy atom. The summed E-state index contributed by atoms with van der Waals surface area (Å²) in [6, 6.07) is 13.5. The van der Waals surface area contributed by atoms with Crippen molar-refractivity contribution in [2.75, 3.05) is 13.6 Å². The molecule has 0 aliphatic rings. The van der Waals surface area contributed by atoms with Crippen LogP contribution in [-0.4, -0.2) is 32.8 Å². The average Bonchev–Trinajstić information content (AvgIpc) is 2.52. The maximum Gasteiger partial charge on any atom is 0.253 e. The van der Waals surface area contributed by atoms with Crippen LogP contribution in [0.5, 0.6) is 0 Å². The highest BCUT2D eigenvalue weighted by molar-refractivity contribution is 9.10. The van der Waals surface area contributed by atoms with Crippen LogP contribution in [0.2, 0.25) is 0 Å². The number of amides is 1. The van der Waals surface area contributed by atoms with Crippen LogP contribution in [0.25, 0.3) is 0 Å². The molecule has 0 spiro atoms. The van der Waals surface area contributed by atoms with Gasteiger partial charge in [0.2, 0.25) is 10.0 Å². The van der Waals surface area contributed by atoms with Gasteiger partial charge in [0.1, 0.15) is 0 Å². The van der Waals surface area contributed by atoms with Crippen LogP contribution in [0.15, 0.2) is 57.9 Å². The highest BCUT2D eigenvalue weighted by Crippen LogP contribution is 2.13. The van der Waals surface area contributed by atoms with Gasteiger partial charge in [0.15, 0.2) is 0 Å². The molecule has 2 aromatic carbocycles. The van der Waals surface area contributed by atoms with Crippen molar-refractivity contribution in [2.45, 2.75) is 11.3 Å². The van der Waals surface area contributed by atoms with Crippen LogP contribution >= 0.6 is 15.9 Å². The van der Waals surface area contributed by atoms with Crippen molar-refractivity contribution in [1.29, 1.82) is 0 Å². The average molecular weight is 397 g/mol. The van der Waals surface area contributed by atoms with Crippen LogP contribution in [-0.2, 0) is 16.4 Å². The molecule has 0 radical (unpaired) electrons. The summed E-state index contributed by atoms with van der Waals surface area (Å²) < 4.78 is 23.4. The number of halogens is 1. The zero-order chi connectivity index (χ0) is 17.0. The number of hydrogen-bond donors (Lipinski definition) is 1. The van der Waals surface area contributed by atoms with Crippen molar-refractivity contribution in [3.05, 3.63) is 64.1 Å². The Morgan fingerprint density at radius 3 is 2.17 bits per heavy atom. The van der Waals surface area contributed by atoms with Crippen LogP contribution in [0.1, 0.15) is 15.9 Å². The molecule has 5 nitrogen and oxygen atoms in total.